The van der Waals surface area contributed by atoms with Crippen LogP contribution in [0.15, 0.2) is 66.2 Å². The van der Waals surface area contributed by atoms with Crippen LogP contribution in [0.4, 0.5) is 15.2 Å². The number of piperidine rings is 1. The van der Waals surface area contributed by atoms with Gasteiger partial charge in [0.05, 0.1) is 11.1 Å². The van der Waals surface area contributed by atoms with E-state index < -0.39 is 53.3 Å². The van der Waals surface area contributed by atoms with Crippen molar-refractivity contribution >= 4 is 57.6 Å². The fourth-order valence-electron chi connectivity index (χ4n) is 7.41. The first kappa shape index (κ1) is 34.1. The first-order valence-corrected chi connectivity index (χ1v) is 17.9. The monoisotopic (exact) mass is 737 g/mol. The summed E-state index contributed by atoms with van der Waals surface area (Å²) in [6.45, 7) is 3.21. The molecule has 2 saturated heterocycles. The van der Waals surface area contributed by atoms with E-state index in [4.69, 9.17) is 0 Å². The molecule has 4 aromatic rings. The van der Waals surface area contributed by atoms with Gasteiger partial charge in [-0.05, 0) is 60.0 Å². The summed E-state index contributed by atoms with van der Waals surface area (Å²) in [7, 11) is 0. The first-order chi connectivity index (χ1) is 25.5. The molecule has 53 heavy (non-hydrogen) atoms. The average molecular weight is 738 g/mol. The van der Waals surface area contributed by atoms with Crippen LogP contribution in [0.25, 0.3) is 0 Å². The maximum atomic E-state index is 14.4. The first-order valence-electron chi connectivity index (χ1n) is 17.0. The molecule has 3 aromatic carbocycles. The minimum Gasteiger partial charge on any atom is -0.508 e. The van der Waals surface area contributed by atoms with E-state index in [1.165, 1.54) is 22.4 Å². The molecule has 1 aromatic heterocycles. The summed E-state index contributed by atoms with van der Waals surface area (Å²) >= 11 is 1.19. The summed E-state index contributed by atoms with van der Waals surface area (Å²) in [6, 6.07) is 11.6. The van der Waals surface area contributed by atoms with Gasteiger partial charge in [-0.2, -0.15) is 0 Å². The lowest BCUT2D eigenvalue weighted by molar-refractivity contribution is -0.136. The van der Waals surface area contributed by atoms with Crippen molar-refractivity contribution in [2.24, 2.45) is 0 Å². The molecule has 0 spiro atoms. The fourth-order valence-corrected chi connectivity index (χ4v) is 7.94. The van der Waals surface area contributed by atoms with E-state index in [1.54, 1.807) is 29.6 Å². The lowest BCUT2D eigenvalue weighted by atomic mass is 10.0. The van der Waals surface area contributed by atoms with Crippen LogP contribution in [-0.2, 0) is 27.5 Å². The minimum atomic E-state index is -1.32. The van der Waals surface area contributed by atoms with E-state index in [9.17, 15) is 38.3 Å². The van der Waals surface area contributed by atoms with Gasteiger partial charge in [0.25, 0.3) is 23.6 Å². The third-order valence-electron chi connectivity index (χ3n) is 10.1. The zero-order chi connectivity index (χ0) is 37.0. The molecule has 0 bridgehead atoms. The quantitative estimate of drug-likeness (QED) is 0.228. The van der Waals surface area contributed by atoms with Crippen LogP contribution in [0.5, 0.6) is 5.75 Å². The van der Waals surface area contributed by atoms with Crippen molar-refractivity contribution in [1.82, 2.24) is 25.0 Å². The van der Waals surface area contributed by atoms with Crippen LogP contribution in [0.2, 0.25) is 0 Å². The largest absolute Gasteiger partial charge is 0.508 e. The van der Waals surface area contributed by atoms with Crippen LogP contribution in [-0.4, -0.2) is 92.5 Å². The normalized spacial score (nSPS) is 19.4. The van der Waals surface area contributed by atoms with Gasteiger partial charge in [0.1, 0.15) is 23.7 Å². The zero-order valence-electron chi connectivity index (χ0n) is 28.1. The average Bonchev–Trinajstić information content (AvgIpc) is 3.84. The molecule has 4 aliphatic heterocycles. The van der Waals surface area contributed by atoms with Crippen molar-refractivity contribution in [3.8, 4) is 5.75 Å². The van der Waals surface area contributed by atoms with Crippen molar-refractivity contribution in [1.29, 1.82) is 0 Å². The molecule has 6 amide bonds. The number of nitrogens with one attached hydrogen (secondary N) is 2. The summed E-state index contributed by atoms with van der Waals surface area (Å²) in [5, 5.41) is 17.5. The summed E-state index contributed by atoms with van der Waals surface area (Å²) in [5.41, 5.74) is 3.20. The Labute approximate surface area is 305 Å². The molecule has 16 heteroatoms. The van der Waals surface area contributed by atoms with Crippen LogP contribution in [0.3, 0.4) is 0 Å². The Balaban J connectivity index is 0.935. The number of rotatable bonds is 8. The lowest BCUT2D eigenvalue weighted by Gasteiger charge is -2.36. The number of carbonyl (C=O) groups is 6. The molecule has 14 nitrogen and oxygen atoms in total. The number of nitrogens with zero attached hydrogens (tertiary/aromatic N) is 5. The fraction of sp³-hybridized carbons (Fsp3) is 0.270. The molecule has 0 radical (unpaired) electrons. The Morgan fingerprint density at radius 2 is 1.74 bits per heavy atom. The van der Waals surface area contributed by atoms with Crippen molar-refractivity contribution < 1.29 is 38.3 Å². The van der Waals surface area contributed by atoms with E-state index in [1.807, 2.05) is 12.1 Å². The van der Waals surface area contributed by atoms with E-state index in [0.717, 1.165) is 34.3 Å². The molecular weight excluding hydrogens is 706 g/mol. The van der Waals surface area contributed by atoms with Crippen molar-refractivity contribution in [2.45, 2.75) is 38.0 Å². The summed E-state index contributed by atoms with van der Waals surface area (Å²) < 4.78 is 14.4. The summed E-state index contributed by atoms with van der Waals surface area (Å²) in [6.07, 6.45) is 1.66. The van der Waals surface area contributed by atoms with Crippen LogP contribution in [0, 0.1) is 5.82 Å². The second-order valence-electron chi connectivity index (χ2n) is 13.3. The SMILES string of the molecule is O=C1CCC(N2C(=O)c3ccc(CN4CCN(c5ccc6c(c5)C(=O)N(C(C(=O)Nc5nccs5)c5cc(F)ccc5O)C6)CC4)cc3C2=O)C(=O)N1. The number of piperazine rings is 1. The van der Waals surface area contributed by atoms with Crippen LogP contribution < -0.4 is 15.5 Å². The van der Waals surface area contributed by atoms with E-state index in [-0.39, 0.29) is 41.8 Å². The second kappa shape index (κ2) is 13.5. The van der Waals surface area contributed by atoms with E-state index in [0.29, 0.717) is 49.0 Å². The number of thiazole rings is 1. The Morgan fingerprint density at radius 1 is 0.943 bits per heavy atom. The number of hydrogen-bond donors (Lipinski definition) is 3. The molecule has 2 fully saturated rings. The van der Waals surface area contributed by atoms with Crippen LogP contribution in [0.1, 0.15) is 66.6 Å². The molecule has 4 aliphatic rings. The highest BCUT2D eigenvalue weighted by molar-refractivity contribution is 7.13. The number of imide groups is 2. The Morgan fingerprint density at radius 3 is 2.49 bits per heavy atom. The topological polar surface area (TPSA) is 173 Å². The van der Waals surface area contributed by atoms with Gasteiger partial charge >= 0.3 is 0 Å². The standard InChI is InChI=1S/C37H32FN7O7S/c38-22-3-7-29(46)27(16-22)31(33(49)41-37-39-9-14-53-37)44-19-21-2-4-23(17-25(21)34(44)50)43-12-10-42(11-13-43)18-20-1-5-24-26(15-20)36(52)45(35(24)51)28-6-8-30(47)40-32(28)48/h1-5,7,9,14-17,28,31,46H,6,8,10-13,18-19H2,(H,39,41,49)(H,40,47,48). The molecular formula is C37H32FN7O7S. The summed E-state index contributed by atoms with van der Waals surface area (Å²) in [4.78, 5) is 88.6. The van der Waals surface area contributed by atoms with E-state index in [2.05, 4.69) is 25.4 Å². The van der Waals surface area contributed by atoms with Gasteiger partial charge in [-0.25, -0.2) is 9.37 Å². The number of halogens is 1. The van der Waals surface area contributed by atoms with Crippen LogP contribution >= 0.6 is 11.3 Å². The maximum absolute atomic E-state index is 14.4. The number of fused-ring (bicyclic) bond motifs is 2. The number of phenols is 1. The molecule has 3 N–H and O–H groups in total. The van der Waals surface area contributed by atoms with Gasteiger partial charge in [-0.1, -0.05) is 12.1 Å². The number of benzene rings is 3. The van der Waals surface area contributed by atoms with Gasteiger partial charge in [-0.15, -0.1) is 11.3 Å². The molecule has 2 unspecified atom stereocenters. The van der Waals surface area contributed by atoms with Crippen molar-refractivity contribution in [2.75, 3.05) is 36.4 Å². The van der Waals surface area contributed by atoms with Gasteiger partial charge in [0.15, 0.2) is 5.13 Å². The highest BCUT2D eigenvalue weighted by Crippen LogP contribution is 2.38. The third-order valence-corrected chi connectivity index (χ3v) is 10.8. The predicted molar refractivity (Wildman–Crippen MR) is 188 cm³/mol. The molecule has 8 rings (SSSR count). The van der Waals surface area contributed by atoms with Gasteiger partial charge in [0, 0.05) is 74.1 Å². The zero-order valence-corrected chi connectivity index (χ0v) is 28.9. The molecule has 2 atom stereocenters. The lowest BCUT2D eigenvalue weighted by Crippen LogP contribution is -2.54. The molecule has 270 valence electrons. The number of aromatic hydroxyl groups is 1. The number of phenolic OH excluding ortho intramolecular Hbond substituents is 1. The third kappa shape index (κ3) is 6.29. The molecule has 0 aliphatic carbocycles. The minimum absolute atomic E-state index is 0.0393. The Hall–Kier alpha value is -6.00. The van der Waals surface area contributed by atoms with Crippen molar-refractivity contribution in [3.05, 3.63) is 105 Å². The number of hydrogen-bond acceptors (Lipinski definition) is 11. The molecule has 5 heterocycles. The smallest absolute Gasteiger partial charge is 0.262 e. The van der Waals surface area contributed by atoms with Crippen molar-refractivity contribution in [3.63, 3.8) is 0 Å². The number of carbonyl (C=O) groups excluding carboxylic acids is 6. The highest BCUT2D eigenvalue weighted by atomic mass is 32.1. The van der Waals surface area contributed by atoms with Gasteiger partial charge < -0.3 is 14.9 Å². The van der Waals surface area contributed by atoms with Gasteiger partial charge in [-0.3, -0.25) is 49.2 Å². The number of amides is 6. The van der Waals surface area contributed by atoms with E-state index >= 15 is 0 Å². The molecule has 0 saturated carbocycles. The highest BCUT2D eigenvalue weighted by Gasteiger charge is 2.45. The predicted octanol–water partition coefficient (Wildman–Crippen LogP) is 3.05. The van der Waals surface area contributed by atoms with Gasteiger partial charge in [0.2, 0.25) is 11.8 Å². The second-order valence-corrected chi connectivity index (χ2v) is 14.2. The number of anilines is 2. The Kier molecular flexibility index (Phi) is 8.70. The maximum Gasteiger partial charge on any atom is 0.262 e. The summed E-state index contributed by atoms with van der Waals surface area (Å²) in [5.74, 6) is -4.21. The number of aromatic nitrogens is 1. The Bertz CT molecular complexity index is 2200.